The van der Waals surface area contributed by atoms with Crippen LogP contribution >= 0.6 is 23.2 Å². The fourth-order valence-electron chi connectivity index (χ4n) is 1.77. The van der Waals surface area contributed by atoms with Gasteiger partial charge in [-0.25, -0.2) is 0 Å². The predicted molar refractivity (Wildman–Crippen MR) is 71.4 cm³/mol. The van der Waals surface area contributed by atoms with E-state index in [1.807, 2.05) is 18.2 Å². The highest BCUT2D eigenvalue weighted by Crippen LogP contribution is 2.30. The van der Waals surface area contributed by atoms with Crippen LogP contribution in [0, 0.1) is 13.8 Å². The Labute approximate surface area is 106 Å². The van der Waals surface area contributed by atoms with Crippen molar-refractivity contribution < 1.29 is 0 Å². The molecular weight excluding hydrogens is 239 g/mol. The van der Waals surface area contributed by atoms with Crippen molar-refractivity contribution in [2.45, 2.75) is 13.8 Å². The largest absolute Gasteiger partial charge is 0.0843 e. The highest BCUT2D eigenvalue weighted by molar-refractivity contribution is 6.35. The Bertz CT molecular complexity index is 510. The quantitative estimate of drug-likeness (QED) is 0.647. The minimum absolute atomic E-state index is 0.670. The molecule has 2 rings (SSSR count). The molecule has 2 heteroatoms. The van der Waals surface area contributed by atoms with Crippen LogP contribution < -0.4 is 0 Å². The Morgan fingerprint density at radius 3 is 2.12 bits per heavy atom. The maximum absolute atomic E-state index is 6.01. The number of rotatable bonds is 1. The van der Waals surface area contributed by atoms with Gasteiger partial charge in [0.15, 0.2) is 0 Å². The summed E-state index contributed by atoms with van der Waals surface area (Å²) in [5.41, 5.74) is 4.79. The van der Waals surface area contributed by atoms with Gasteiger partial charge in [-0.3, -0.25) is 0 Å². The molecule has 0 bridgehead atoms. The van der Waals surface area contributed by atoms with Crippen LogP contribution in [0.2, 0.25) is 10.0 Å². The summed E-state index contributed by atoms with van der Waals surface area (Å²) in [7, 11) is 0. The number of hydrogen-bond donors (Lipinski definition) is 0. The lowest BCUT2D eigenvalue weighted by molar-refractivity contribution is 1.34. The Morgan fingerprint density at radius 1 is 0.875 bits per heavy atom. The van der Waals surface area contributed by atoms with Crippen LogP contribution in [0.3, 0.4) is 0 Å². The van der Waals surface area contributed by atoms with Crippen molar-refractivity contribution in [3.05, 3.63) is 57.6 Å². The summed E-state index contributed by atoms with van der Waals surface area (Å²) in [6.07, 6.45) is 0. The topological polar surface area (TPSA) is 0 Å². The van der Waals surface area contributed by atoms with Crippen LogP contribution in [0.4, 0.5) is 0 Å². The molecule has 16 heavy (non-hydrogen) atoms. The van der Waals surface area contributed by atoms with E-state index in [-0.39, 0.29) is 0 Å². The van der Waals surface area contributed by atoms with Crippen LogP contribution in [0.5, 0.6) is 0 Å². The average Bonchev–Trinajstić information content (AvgIpc) is 2.20. The highest BCUT2D eigenvalue weighted by Gasteiger charge is 2.05. The number of halogens is 2. The summed E-state index contributed by atoms with van der Waals surface area (Å²) in [4.78, 5) is 0. The predicted octanol–water partition coefficient (Wildman–Crippen LogP) is 5.28. The third-order valence-electron chi connectivity index (χ3n) is 2.78. The Morgan fingerprint density at radius 2 is 1.50 bits per heavy atom. The first-order valence-corrected chi connectivity index (χ1v) is 5.86. The molecule has 0 heterocycles. The van der Waals surface area contributed by atoms with Crippen molar-refractivity contribution in [2.75, 3.05) is 0 Å². The molecule has 0 N–H and O–H groups in total. The molecule has 0 unspecified atom stereocenters. The molecule has 0 saturated heterocycles. The van der Waals surface area contributed by atoms with Gasteiger partial charge in [-0.2, -0.15) is 0 Å². The van der Waals surface area contributed by atoms with Crippen molar-refractivity contribution in [1.82, 2.24) is 0 Å². The zero-order valence-electron chi connectivity index (χ0n) is 9.22. The first-order valence-electron chi connectivity index (χ1n) is 5.10. The van der Waals surface area contributed by atoms with Crippen LogP contribution in [-0.2, 0) is 0 Å². The lowest BCUT2D eigenvalue weighted by Crippen LogP contribution is -1.87. The van der Waals surface area contributed by atoms with E-state index < -0.39 is 0 Å². The maximum Gasteiger partial charge on any atom is 0.0426 e. The van der Waals surface area contributed by atoms with E-state index >= 15 is 0 Å². The van der Waals surface area contributed by atoms with Gasteiger partial charge in [-0.05, 0) is 54.3 Å². The molecule has 0 spiro atoms. The van der Waals surface area contributed by atoms with Gasteiger partial charge in [-0.15, -0.1) is 0 Å². The van der Waals surface area contributed by atoms with Gasteiger partial charge in [0.1, 0.15) is 0 Å². The van der Waals surface area contributed by atoms with Gasteiger partial charge in [0.2, 0.25) is 0 Å². The van der Waals surface area contributed by atoms with Gasteiger partial charge in [-0.1, -0.05) is 41.4 Å². The molecule has 0 saturated carbocycles. The number of hydrogen-bond acceptors (Lipinski definition) is 0. The van der Waals surface area contributed by atoms with Crippen molar-refractivity contribution in [3.63, 3.8) is 0 Å². The zero-order valence-corrected chi connectivity index (χ0v) is 10.7. The maximum atomic E-state index is 6.01. The molecule has 0 fully saturated rings. The van der Waals surface area contributed by atoms with E-state index in [1.54, 1.807) is 6.07 Å². The van der Waals surface area contributed by atoms with E-state index in [0.717, 1.165) is 5.56 Å². The molecule has 82 valence electrons. The molecule has 0 aromatic heterocycles. The fraction of sp³-hybridized carbons (Fsp3) is 0.143. The smallest absolute Gasteiger partial charge is 0.0426 e. The highest BCUT2D eigenvalue weighted by atomic mass is 35.5. The molecule has 0 atom stereocenters. The first kappa shape index (κ1) is 11.5. The normalized spacial score (nSPS) is 10.5. The molecule has 0 radical (unpaired) electrons. The minimum Gasteiger partial charge on any atom is -0.0843 e. The SMILES string of the molecule is Cc1cccc(-c2cc(Cl)cc(Cl)c2)c1C. The number of aryl methyl sites for hydroxylation is 1. The second-order valence-electron chi connectivity index (χ2n) is 3.91. The van der Waals surface area contributed by atoms with E-state index in [2.05, 4.69) is 26.0 Å². The Hall–Kier alpha value is -0.980. The second kappa shape index (κ2) is 4.48. The fourth-order valence-corrected chi connectivity index (χ4v) is 2.30. The van der Waals surface area contributed by atoms with E-state index in [4.69, 9.17) is 23.2 Å². The van der Waals surface area contributed by atoms with Crippen molar-refractivity contribution >= 4 is 23.2 Å². The Kier molecular flexibility index (Phi) is 3.22. The summed E-state index contributed by atoms with van der Waals surface area (Å²) in [5.74, 6) is 0. The second-order valence-corrected chi connectivity index (χ2v) is 4.78. The van der Waals surface area contributed by atoms with Crippen LogP contribution in [0.15, 0.2) is 36.4 Å². The zero-order chi connectivity index (χ0) is 11.7. The standard InChI is InChI=1S/C14H12Cl2/c1-9-4-3-5-14(10(9)2)11-6-12(15)8-13(16)7-11/h3-8H,1-2H3. The first-order chi connectivity index (χ1) is 7.58. The summed E-state index contributed by atoms with van der Waals surface area (Å²) >= 11 is 12.0. The van der Waals surface area contributed by atoms with E-state index in [0.29, 0.717) is 10.0 Å². The monoisotopic (exact) mass is 250 g/mol. The molecule has 2 aromatic carbocycles. The molecular formula is C14H12Cl2. The third-order valence-corrected chi connectivity index (χ3v) is 3.21. The molecule has 0 aliphatic rings. The van der Waals surface area contributed by atoms with Crippen molar-refractivity contribution in [2.24, 2.45) is 0 Å². The number of benzene rings is 2. The van der Waals surface area contributed by atoms with Crippen LogP contribution in [0.25, 0.3) is 11.1 Å². The van der Waals surface area contributed by atoms with E-state index in [1.165, 1.54) is 16.7 Å². The lowest BCUT2D eigenvalue weighted by Gasteiger charge is -2.09. The van der Waals surface area contributed by atoms with Gasteiger partial charge in [0, 0.05) is 10.0 Å². The van der Waals surface area contributed by atoms with Gasteiger partial charge >= 0.3 is 0 Å². The minimum atomic E-state index is 0.670. The molecule has 0 nitrogen and oxygen atoms in total. The summed E-state index contributed by atoms with van der Waals surface area (Å²) in [5, 5.41) is 1.34. The molecule has 0 aliphatic carbocycles. The van der Waals surface area contributed by atoms with Crippen LogP contribution in [-0.4, -0.2) is 0 Å². The lowest BCUT2D eigenvalue weighted by atomic mass is 9.97. The van der Waals surface area contributed by atoms with Gasteiger partial charge < -0.3 is 0 Å². The van der Waals surface area contributed by atoms with E-state index in [9.17, 15) is 0 Å². The Balaban J connectivity index is 2.63. The summed E-state index contributed by atoms with van der Waals surface area (Å²) in [6, 6.07) is 11.9. The molecule has 0 amide bonds. The van der Waals surface area contributed by atoms with Gasteiger partial charge in [0.25, 0.3) is 0 Å². The summed E-state index contributed by atoms with van der Waals surface area (Å²) < 4.78 is 0. The van der Waals surface area contributed by atoms with Crippen molar-refractivity contribution in [1.29, 1.82) is 0 Å². The molecule has 2 aromatic rings. The average molecular weight is 251 g/mol. The van der Waals surface area contributed by atoms with Gasteiger partial charge in [0.05, 0.1) is 0 Å². The molecule has 0 aliphatic heterocycles. The summed E-state index contributed by atoms with van der Waals surface area (Å²) in [6.45, 7) is 4.21. The van der Waals surface area contributed by atoms with Crippen LogP contribution in [0.1, 0.15) is 11.1 Å². The van der Waals surface area contributed by atoms with Crippen molar-refractivity contribution in [3.8, 4) is 11.1 Å². The third kappa shape index (κ3) is 2.23.